The Bertz CT molecular complexity index is 974. The summed E-state index contributed by atoms with van der Waals surface area (Å²) in [7, 11) is 1.65. The number of ether oxygens (including phenoxy) is 1. The number of aromatic nitrogens is 4. The van der Waals surface area contributed by atoms with Crippen molar-refractivity contribution in [1.29, 1.82) is 0 Å². The highest BCUT2D eigenvalue weighted by Gasteiger charge is 2.10. The molecule has 0 spiro atoms. The fourth-order valence-corrected chi connectivity index (χ4v) is 2.49. The molecule has 0 amide bonds. The van der Waals surface area contributed by atoms with Gasteiger partial charge in [0.25, 0.3) is 0 Å². The second kappa shape index (κ2) is 7.24. The Morgan fingerprint density at radius 1 is 1.19 bits per heavy atom. The predicted octanol–water partition coefficient (Wildman–Crippen LogP) is 2.81. The molecule has 0 saturated carbocycles. The van der Waals surface area contributed by atoms with Gasteiger partial charge >= 0.3 is 0 Å². The molecule has 0 atom stereocenters. The Kier molecular flexibility index (Phi) is 4.48. The minimum atomic E-state index is 0.442. The lowest BCUT2D eigenvalue weighted by molar-refractivity contribution is 0.366. The maximum Gasteiger partial charge on any atom is 0.241 e. The molecule has 0 aliphatic rings. The number of hydrogen-bond donors (Lipinski definition) is 1. The maximum absolute atomic E-state index is 5.24. The predicted molar refractivity (Wildman–Crippen MR) is 92.7 cm³/mol. The molecule has 4 aromatic rings. The quantitative estimate of drug-likeness (QED) is 0.547. The molecule has 26 heavy (non-hydrogen) atoms. The summed E-state index contributed by atoms with van der Waals surface area (Å²) < 4.78 is 17.5. The molecule has 0 radical (unpaired) electrons. The van der Waals surface area contributed by atoms with E-state index in [9.17, 15) is 0 Å². The van der Waals surface area contributed by atoms with Crippen LogP contribution in [0.3, 0.4) is 0 Å². The van der Waals surface area contributed by atoms with E-state index in [1.54, 1.807) is 30.2 Å². The summed E-state index contributed by atoms with van der Waals surface area (Å²) in [4.78, 5) is 4.29. The van der Waals surface area contributed by atoms with Crippen molar-refractivity contribution in [2.45, 2.75) is 13.1 Å². The highest BCUT2D eigenvalue weighted by molar-refractivity contribution is 5.44. The van der Waals surface area contributed by atoms with Gasteiger partial charge in [-0.25, -0.2) is 4.68 Å². The Balaban J connectivity index is 1.35. The van der Waals surface area contributed by atoms with E-state index in [2.05, 4.69) is 20.6 Å². The van der Waals surface area contributed by atoms with Gasteiger partial charge in [0, 0.05) is 24.4 Å². The van der Waals surface area contributed by atoms with Crippen LogP contribution in [0, 0.1) is 0 Å². The first kappa shape index (κ1) is 16.1. The van der Waals surface area contributed by atoms with Crippen LogP contribution in [0.5, 0.6) is 5.75 Å². The van der Waals surface area contributed by atoms with Gasteiger partial charge in [-0.05, 0) is 24.3 Å². The summed E-state index contributed by atoms with van der Waals surface area (Å²) in [6.45, 7) is 1.08. The van der Waals surface area contributed by atoms with Crippen molar-refractivity contribution in [3.05, 3.63) is 66.5 Å². The van der Waals surface area contributed by atoms with E-state index in [4.69, 9.17) is 13.7 Å². The molecule has 3 aromatic heterocycles. The van der Waals surface area contributed by atoms with Crippen LogP contribution in [-0.4, -0.2) is 27.0 Å². The standard InChI is InChI=1S/C18H17N5O3/c1-24-15-5-2-4-14(8-15)23-12-13(10-20-23)9-19-11-17-21-18(22-26-17)16-6-3-7-25-16/h2-8,10,12,19H,9,11H2,1H3. The van der Waals surface area contributed by atoms with Crippen LogP contribution in [-0.2, 0) is 13.1 Å². The Morgan fingerprint density at radius 2 is 2.15 bits per heavy atom. The van der Waals surface area contributed by atoms with E-state index < -0.39 is 0 Å². The maximum atomic E-state index is 5.24. The Labute approximate surface area is 149 Å². The summed E-state index contributed by atoms with van der Waals surface area (Å²) in [6.07, 6.45) is 5.35. The summed E-state index contributed by atoms with van der Waals surface area (Å²) >= 11 is 0. The normalized spacial score (nSPS) is 11.0. The SMILES string of the molecule is COc1cccc(-n2cc(CNCc3nc(-c4ccco4)no3)cn2)c1. The minimum Gasteiger partial charge on any atom is -0.497 e. The average molecular weight is 351 g/mol. The number of benzene rings is 1. The van der Waals surface area contributed by atoms with Crippen LogP contribution in [0.15, 0.2) is 64.0 Å². The monoisotopic (exact) mass is 351 g/mol. The molecule has 4 rings (SSSR count). The summed E-state index contributed by atoms with van der Waals surface area (Å²) in [5, 5.41) is 11.5. The van der Waals surface area contributed by atoms with Gasteiger partial charge in [0.15, 0.2) is 5.76 Å². The van der Waals surface area contributed by atoms with Crippen LogP contribution >= 0.6 is 0 Å². The largest absolute Gasteiger partial charge is 0.497 e. The molecule has 1 N–H and O–H groups in total. The van der Waals surface area contributed by atoms with Crippen molar-refractivity contribution in [2.24, 2.45) is 0 Å². The van der Waals surface area contributed by atoms with Crippen molar-refractivity contribution in [3.63, 3.8) is 0 Å². The molecule has 0 fully saturated rings. The first-order valence-electron chi connectivity index (χ1n) is 8.07. The Hall–Kier alpha value is -3.39. The number of furan rings is 1. The third-order valence-corrected chi connectivity index (χ3v) is 3.77. The van der Waals surface area contributed by atoms with Crippen LogP contribution in [0.25, 0.3) is 17.3 Å². The van der Waals surface area contributed by atoms with Crippen molar-refractivity contribution in [2.75, 3.05) is 7.11 Å². The van der Waals surface area contributed by atoms with Gasteiger partial charge in [0.1, 0.15) is 5.75 Å². The molecular weight excluding hydrogens is 334 g/mol. The van der Waals surface area contributed by atoms with E-state index in [0.717, 1.165) is 17.0 Å². The van der Waals surface area contributed by atoms with E-state index >= 15 is 0 Å². The first-order valence-corrected chi connectivity index (χ1v) is 8.07. The van der Waals surface area contributed by atoms with Crippen molar-refractivity contribution < 1.29 is 13.7 Å². The number of rotatable bonds is 7. The lowest BCUT2D eigenvalue weighted by atomic mass is 10.3. The highest BCUT2D eigenvalue weighted by atomic mass is 16.5. The number of nitrogens with one attached hydrogen (secondary N) is 1. The number of methoxy groups -OCH3 is 1. The van der Waals surface area contributed by atoms with Crippen LogP contribution in [0.4, 0.5) is 0 Å². The highest BCUT2D eigenvalue weighted by Crippen LogP contribution is 2.17. The fraction of sp³-hybridized carbons (Fsp3) is 0.167. The molecule has 0 saturated heterocycles. The van der Waals surface area contributed by atoms with Crippen molar-refractivity contribution in [3.8, 4) is 23.0 Å². The van der Waals surface area contributed by atoms with Crippen LogP contribution < -0.4 is 10.1 Å². The molecular formula is C18H17N5O3. The lowest BCUT2D eigenvalue weighted by Crippen LogP contribution is -2.12. The van der Waals surface area contributed by atoms with Crippen LogP contribution in [0.2, 0.25) is 0 Å². The number of nitrogens with zero attached hydrogens (tertiary/aromatic N) is 4. The molecule has 8 nitrogen and oxygen atoms in total. The van der Waals surface area contributed by atoms with Gasteiger partial charge in [0.2, 0.25) is 11.7 Å². The zero-order valence-electron chi connectivity index (χ0n) is 14.1. The third kappa shape index (κ3) is 3.50. The number of hydrogen-bond acceptors (Lipinski definition) is 7. The van der Waals surface area contributed by atoms with E-state index in [1.165, 1.54) is 0 Å². The summed E-state index contributed by atoms with van der Waals surface area (Å²) in [5.41, 5.74) is 1.98. The second-order valence-corrected chi connectivity index (χ2v) is 5.59. The van der Waals surface area contributed by atoms with Gasteiger partial charge in [-0.2, -0.15) is 10.1 Å². The van der Waals surface area contributed by atoms with E-state index in [-0.39, 0.29) is 0 Å². The molecule has 0 unspecified atom stereocenters. The third-order valence-electron chi connectivity index (χ3n) is 3.77. The molecule has 1 aromatic carbocycles. The van der Waals surface area contributed by atoms with Crippen molar-refractivity contribution in [1.82, 2.24) is 25.2 Å². The van der Waals surface area contributed by atoms with E-state index in [1.807, 2.05) is 36.7 Å². The lowest BCUT2D eigenvalue weighted by Gasteiger charge is -2.04. The topological polar surface area (TPSA) is 91.1 Å². The van der Waals surface area contributed by atoms with Gasteiger partial charge in [0.05, 0.1) is 31.8 Å². The first-order chi connectivity index (χ1) is 12.8. The Morgan fingerprint density at radius 3 is 3.00 bits per heavy atom. The summed E-state index contributed by atoms with van der Waals surface area (Å²) in [5.74, 6) is 2.32. The molecule has 8 heteroatoms. The zero-order chi connectivity index (χ0) is 17.8. The molecule has 0 aliphatic carbocycles. The minimum absolute atomic E-state index is 0.442. The van der Waals surface area contributed by atoms with Crippen LogP contribution in [0.1, 0.15) is 11.5 Å². The molecule has 0 aliphatic heterocycles. The second-order valence-electron chi connectivity index (χ2n) is 5.59. The van der Waals surface area contributed by atoms with Gasteiger partial charge < -0.3 is 19.0 Å². The van der Waals surface area contributed by atoms with Gasteiger partial charge in [-0.15, -0.1) is 0 Å². The van der Waals surface area contributed by atoms with Gasteiger partial charge in [-0.3, -0.25) is 0 Å². The van der Waals surface area contributed by atoms with Gasteiger partial charge in [-0.1, -0.05) is 11.2 Å². The summed E-state index contributed by atoms with van der Waals surface area (Å²) in [6, 6.07) is 11.3. The smallest absolute Gasteiger partial charge is 0.241 e. The molecule has 0 bridgehead atoms. The fourth-order valence-electron chi connectivity index (χ4n) is 2.49. The van der Waals surface area contributed by atoms with Crippen molar-refractivity contribution >= 4 is 0 Å². The average Bonchev–Trinajstić information content (AvgIpc) is 3.43. The molecule has 3 heterocycles. The molecule has 132 valence electrons. The zero-order valence-corrected chi connectivity index (χ0v) is 14.1. The van der Waals surface area contributed by atoms with E-state index in [0.29, 0.717) is 30.6 Å².